The summed E-state index contributed by atoms with van der Waals surface area (Å²) in [5.74, 6) is -0.204. The molecule has 2 heterocycles. The number of carbonyl (C=O) groups is 1. The second-order valence-electron chi connectivity index (χ2n) is 5.49. The fourth-order valence-electron chi connectivity index (χ4n) is 2.70. The Kier molecular flexibility index (Phi) is 4.87. The van der Waals surface area contributed by atoms with E-state index in [1.807, 2.05) is 44.2 Å². The number of nitrogens with one attached hydrogen (secondary N) is 1. The second kappa shape index (κ2) is 6.91. The first-order chi connectivity index (χ1) is 11.5. The first-order valence-electron chi connectivity index (χ1n) is 7.66. The van der Waals surface area contributed by atoms with Crippen LogP contribution in [0.15, 0.2) is 45.8 Å². The van der Waals surface area contributed by atoms with Crippen LogP contribution >= 0.6 is 27.3 Å². The van der Waals surface area contributed by atoms with Gasteiger partial charge in [0.1, 0.15) is 0 Å². The predicted octanol–water partition coefficient (Wildman–Crippen LogP) is 4.08. The van der Waals surface area contributed by atoms with Crippen LogP contribution in [0.25, 0.3) is 10.1 Å². The Balaban J connectivity index is 1.95. The highest BCUT2D eigenvalue weighted by Crippen LogP contribution is 2.28. The molecule has 0 aliphatic rings. The van der Waals surface area contributed by atoms with Crippen molar-refractivity contribution in [2.45, 2.75) is 26.9 Å². The minimum Gasteiger partial charge on any atom is -0.348 e. The van der Waals surface area contributed by atoms with E-state index in [9.17, 15) is 9.59 Å². The van der Waals surface area contributed by atoms with Gasteiger partial charge in [0, 0.05) is 33.3 Å². The van der Waals surface area contributed by atoms with E-state index in [4.69, 9.17) is 0 Å². The minimum absolute atomic E-state index is 0.105. The lowest BCUT2D eigenvalue weighted by atomic mass is 10.1. The van der Waals surface area contributed by atoms with Crippen LogP contribution in [-0.2, 0) is 13.1 Å². The van der Waals surface area contributed by atoms with Crippen molar-refractivity contribution in [1.82, 2.24) is 9.88 Å². The summed E-state index contributed by atoms with van der Waals surface area (Å²) < 4.78 is 3.45. The fraction of sp³-hybridized carbons (Fsp3) is 0.222. The second-order valence-corrected chi connectivity index (χ2v) is 7.66. The van der Waals surface area contributed by atoms with E-state index in [0.29, 0.717) is 24.0 Å². The van der Waals surface area contributed by atoms with Gasteiger partial charge in [-0.3, -0.25) is 9.59 Å². The number of halogens is 1. The first kappa shape index (κ1) is 16.9. The van der Waals surface area contributed by atoms with Crippen molar-refractivity contribution in [2.75, 3.05) is 0 Å². The Bertz CT molecular complexity index is 975. The topological polar surface area (TPSA) is 51.1 Å². The Morgan fingerprint density at radius 3 is 2.83 bits per heavy atom. The smallest absolute Gasteiger partial charge is 0.260 e. The monoisotopic (exact) mass is 404 g/mol. The van der Waals surface area contributed by atoms with Gasteiger partial charge in [0.05, 0.1) is 10.9 Å². The van der Waals surface area contributed by atoms with Crippen molar-refractivity contribution in [3.8, 4) is 0 Å². The molecular formula is C18H17BrN2O2S. The lowest BCUT2D eigenvalue weighted by Gasteiger charge is -2.07. The van der Waals surface area contributed by atoms with E-state index in [1.54, 1.807) is 10.8 Å². The summed E-state index contributed by atoms with van der Waals surface area (Å²) >= 11 is 4.91. The van der Waals surface area contributed by atoms with E-state index in [2.05, 4.69) is 21.2 Å². The number of benzene rings is 1. The van der Waals surface area contributed by atoms with Gasteiger partial charge in [0.25, 0.3) is 11.5 Å². The lowest BCUT2D eigenvalue weighted by Crippen LogP contribution is -2.26. The molecule has 3 rings (SSSR count). The molecule has 3 aromatic rings. The summed E-state index contributed by atoms with van der Waals surface area (Å²) in [4.78, 5) is 26.2. The molecule has 0 saturated carbocycles. The van der Waals surface area contributed by atoms with Crippen LogP contribution < -0.4 is 10.9 Å². The zero-order valence-corrected chi connectivity index (χ0v) is 15.8. The summed E-state index contributed by atoms with van der Waals surface area (Å²) in [5, 5.41) is 3.45. The van der Waals surface area contributed by atoms with Crippen molar-refractivity contribution in [1.29, 1.82) is 0 Å². The van der Waals surface area contributed by atoms with Crippen LogP contribution in [0.1, 0.15) is 27.7 Å². The van der Waals surface area contributed by atoms with Crippen molar-refractivity contribution in [3.05, 3.63) is 67.4 Å². The number of pyridine rings is 1. The molecule has 0 bridgehead atoms. The number of fused-ring (bicyclic) bond motifs is 1. The molecule has 0 fully saturated rings. The summed E-state index contributed by atoms with van der Waals surface area (Å²) in [6.45, 7) is 4.81. The maximum Gasteiger partial charge on any atom is 0.260 e. The van der Waals surface area contributed by atoms with E-state index < -0.39 is 0 Å². The molecule has 0 unspecified atom stereocenters. The largest absolute Gasteiger partial charge is 0.348 e. The number of aromatic nitrogens is 1. The van der Waals surface area contributed by atoms with Gasteiger partial charge in [-0.1, -0.05) is 28.1 Å². The quantitative estimate of drug-likeness (QED) is 0.711. The molecular weight excluding hydrogens is 388 g/mol. The maximum absolute atomic E-state index is 12.7. The zero-order valence-electron chi connectivity index (χ0n) is 13.4. The Morgan fingerprint density at radius 2 is 2.12 bits per heavy atom. The van der Waals surface area contributed by atoms with E-state index in [0.717, 1.165) is 19.6 Å². The number of nitrogens with zero attached hydrogens (tertiary/aromatic N) is 1. The van der Waals surface area contributed by atoms with E-state index in [-0.39, 0.29) is 11.5 Å². The summed E-state index contributed by atoms with van der Waals surface area (Å²) in [6.07, 6.45) is 1.78. The van der Waals surface area contributed by atoms with Crippen LogP contribution in [0, 0.1) is 6.92 Å². The molecule has 24 heavy (non-hydrogen) atoms. The van der Waals surface area contributed by atoms with Crippen LogP contribution in [0.2, 0.25) is 0 Å². The Morgan fingerprint density at radius 1 is 1.33 bits per heavy atom. The van der Waals surface area contributed by atoms with E-state index >= 15 is 0 Å². The van der Waals surface area contributed by atoms with Gasteiger partial charge in [-0.15, -0.1) is 11.3 Å². The van der Waals surface area contributed by atoms with Gasteiger partial charge in [-0.05, 0) is 37.6 Å². The van der Waals surface area contributed by atoms with Crippen molar-refractivity contribution in [2.24, 2.45) is 0 Å². The molecule has 0 radical (unpaired) electrons. The number of carbonyl (C=O) groups excluding carboxylic acids is 1. The normalized spacial score (nSPS) is 11.0. The first-order valence-corrected chi connectivity index (χ1v) is 9.27. The third kappa shape index (κ3) is 3.16. The van der Waals surface area contributed by atoms with Crippen LogP contribution in [0.4, 0.5) is 0 Å². The van der Waals surface area contributed by atoms with Crippen molar-refractivity contribution < 1.29 is 4.79 Å². The molecule has 0 aliphatic heterocycles. The number of hydrogen-bond acceptors (Lipinski definition) is 3. The molecule has 1 aromatic carbocycles. The molecule has 6 heteroatoms. The maximum atomic E-state index is 12.7. The van der Waals surface area contributed by atoms with Gasteiger partial charge in [0.15, 0.2) is 0 Å². The average molecular weight is 405 g/mol. The fourth-order valence-corrected chi connectivity index (χ4v) is 4.20. The highest BCUT2D eigenvalue weighted by atomic mass is 79.9. The zero-order chi connectivity index (χ0) is 17.3. The summed E-state index contributed by atoms with van der Waals surface area (Å²) in [5.41, 5.74) is 1.39. The third-order valence-corrected chi connectivity index (χ3v) is 5.47. The minimum atomic E-state index is -0.204. The molecule has 124 valence electrons. The third-order valence-electron chi connectivity index (χ3n) is 3.90. The number of aryl methyl sites for hydroxylation is 2. The summed E-state index contributed by atoms with van der Waals surface area (Å²) in [6, 6.07) is 9.69. The molecule has 4 nitrogen and oxygen atoms in total. The van der Waals surface area contributed by atoms with Gasteiger partial charge < -0.3 is 9.88 Å². The molecule has 0 saturated heterocycles. The molecule has 0 aliphatic carbocycles. The molecule has 1 amide bonds. The molecule has 0 atom stereocenters. The van der Waals surface area contributed by atoms with Crippen LogP contribution in [0.5, 0.6) is 0 Å². The lowest BCUT2D eigenvalue weighted by molar-refractivity contribution is 0.0952. The van der Waals surface area contributed by atoms with Gasteiger partial charge >= 0.3 is 0 Å². The van der Waals surface area contributed by atoms with Gasteiger partial charge in [0.2, 0.25) is 0 Å². The van der Waals surface area contributed by atoms with Crippen molar-refractivity contribution >= 4 is 43.3 Å². The predicted molar refractivity (Wildman–Crippen MR) is 102 cm³/mol. The van der Waals surface area contributed by atoms with Gasteiger partial charge in [-0.2, -0.15) is 0 Å². The van der Waals surface area contributed by atoms with Gasteiger partial charge in [-0.25, -0.2) is 0 Å². The molecule has 1 N–H and O–H groups in total. The van der Waals surface area contributed by atoms with E-state index in [1.165, 1.54) is 11.3 Å². The number of amides is 1. The highest BCUT2D eigenvalue weighted by Gasteiger charge is 2.19. The summed E-state index contributed by atoms with van der Waals surface area (Å²) in [7, 11) is 0. The standard InChI is InChI=1S/C18H17BrN2O2S/c1-3-21-8-7-14-16(18(21)23)15(11(2)24-14)17(22)20-10-12-5-4-6-13(19)9-12/h4-9H,3,10H2,1-2H3,(H,20,22). The molecule has 0 spiro atoms. The number of thiophene rings is 1. The van der Waals surface area contributed by atoms with Crippen LogP contribution in [0.3, 0.4) is 0 Å². The SMILES string of the molecule is CCn1ccc2sc(C)c(C(=O)NCc3cccc(Br)c3)c2c1=O. The Hall–Kier alpha value is -1.92. The number of rotatable bonds is 4. The number of hydrogen-bond donors (Lipinski definition) is 1. The van der Waals surface area contributed by atoms with Crippen LogP contribution in [-0.4, -0.2) is 10.5 Å². The molecule has 2 aromatic heterocycles. The highest BCUT2D eigenvalue weighted by molar-refractivity contribution is 9.10. The average Bonchev–Trinajstić information content (AvgIpc) is 2.90. The van der Waals surface area contributed by atoms with Crippen molar-refractivity contribution in [3.63, 3.8) is 0 Å². The Labute approximate surface area is 152 Å².